The van der Waals surface area contributed by atoms with Gasteiger partial charge in [0.15, 0.2) is 0 Å². The van der Waals surface area contributed by atoms with E-state index in [4.69, 9.17) is 0 Å². The highest BCUT2D eigenvalue weighted by Gasteiger charge is 2.28. The van der Waals surface area contributed by atoms with E-state index in [1.165, 1.54) is 11.3 Å². The molecular formula is C11H17N3OS. The van der Waals surface area contributed by atoms with Gasteiger partial charge in [0.1, 0.15) is 5.69 Å². The van der Waals surface area contributed by atoms with Crippen molar-refractivity contribution in [1.29, 1.82) is 0 Å². The van der Waals surface area contributed by atoms with E-state index in [2.05, 4.69) is 24.1 Å². The number of nitrogens with one attached hydrogen (secondary N) is 1. The van der Waals surface area contributed by atoms with Gasteiger partial charge in [-0.05, 0) is 20.8 Å². The number of nitrogens with zero attached hydrogens (tertiary/aromatic N) is 2. The van der Waals surface area contributed by atoms with Crippen LogP contribution < -0.4 is 5.32 Å². The maximum Gasteiger partial charge on any atom is 0.273 e. The first-order chi connectivity index (χ1) is 7.58. The Bertz CT molecular complexity index is 390. The number of thiazole rings is 1. The van der Waals surface area contributed by atoms with Crippen molar-refractivity contribution in [2.24, 2.45) is 0 Å². The summed E-state index contributed by atoms with van der Waals surface area (Å²) >= 11 is 1.52. The van der Waals surface area contributed by atoms with Crippen LogP contribution in [0, 0.1) is 6.92 Å². The van der Waals surface area contributed by atoms with Crippen LogP contribution in [-0.2, 0) is 0 Å². The van der Waals surface area contributed by atoms with Crippen molar-refractivity contribution < 1.29 is 4.79 Å². The summed E-state index contributed by atoms with van der Waals surface area (Å²) in [6.45, 7) is 7.70. The molecule has 1 amide bonds. The number of aromatic nitrogens is 1. The Labute approximate surface area is 99.7 Å². The summed E-state index contributed by atoms with van der Waals surface area (Å²) in [5, 5.41) is 6.15. The molecule has 16 heavy (non-hydrogen) atoms. The third kappa shape index (κ3) is 2.25. The molecule has 0 aromatic carbocycles. The van der Waals surface area contributed by atoms with Gasteiger partial charge in [0, 0.05) is 30.6 Å². The van der Waals surface area contributed by atoms with Crippen LogP contribution in [0.3, 0.4) is 0 Å². The third-order valence-electron chi connectivity index (χ3n) is 2.86. The minimum atomic E-state index is 0.0604. The number of amides is 1. The Kier molecular flexibility index (Phi) is 3.25. The molecule has 5 heteroatoms. The second kappa shape index (κ2) is 4.51. The molecule has 0 spiro atoms. The van der Waals surface area contributed by atoms with Crippen molar-refractivity contribution in [2.45, 2.75) is 32.9 Å². The van der Waals surface area contributed by atoms with Crippen molar-refractivity contribution in [3.05, 3.63) is 16.1 Å². The minimum absolute atomic E-state index is 0.0604. The van der Waals surface area contributed by atoms with Gasteiger partial charge < -0.3 is 10.2 Å². The molecule has 2 atom stereocenters. The molecule has 1 aromatic rings. The van der Waals surface area contributed by atoms with Crippen molar-refractivity contribution >= 4 is 17.2 Å². The van der Waals surface area contributed by atoms with E-state index in [1.54, 1.807) is 0 Å². The highest BCUT2D eigenvalue weighted by atomic mass is 32.1. The summed E-state index contributed by atoms with van der Waals surface area (Å²) in [7, 11) is 0. The van der Waals surface area contributed by atoms with Gasteiger partial charge in [-0.3, -0.25) is 4.79 Å². The van der Waals surface area contributed by atoms with E-state index in [9.17, 15) is 4.79 Å². The van der Waals surface area contributed by atoms with Crippen LogP contribution in [0.5, 0.6) is 0 Å². The Morgan fingerprint density at radius 2 is 2.38 bits per heavy atom. The van der Waals surface area contributed by atoms with Crippen molar-refractivity contribution in [2.75, 3.05) is 13.1 Å². The summed E-state index contributed by atoms with van der Waals surface area (Å²) in [5.74, 6) is 0.0604. The summed E-state index contributed by atoms with van der Waals surface area (Å²) in [6, 6.07) is 0.602. The lowest BCUT2D eigenvalue weighted by atomic mass is 10.1. The Hall–Kier alpha value is -0.940. The molecule has 0 bridgehead atoms. The first-order valence-electron chi connectivity index (χ1n) is 5.54. The lowest BCUT2D eigenvalue weighted by Crippen LogP contribution is -2.56. The van der Waals surface area contributed by atoms with Gasteiger partial charge in [0.2, 0.25) is 0 Å². The van der Waals surface area contributed by atoms with Crippen LogP contribution in [0.25, 0.3) is 0 Å². The smallest absolute Gasteiger partial charge is 0.273 e. The number of piperazine rings is 1. The molecule has 1 saturated heterocycles. The number of carbonyl (C=O) groups excluding carboxylic acids is 1. The average molecular weight is 239 g/mol. The van der Waals surface area contributed by atoms with Gasteiger partial charge in [-0.2, -0.15) is 0 Å². The minimum Gasteiger partial charge on any atom is -0.332 e. The van der Waals surface area contributed by atoms with Gasteiger partial charge in [-0.1, -0.05) is 0 Å². The molecule has 1 N–H and O–H groups in total. The second-order valence-electron chi connectivity index (χ2n) is 4.37. The first-order valence-corrected chi connectivity index (χ1v) is 6.42. The van der Waals surface area contributed by atoms with Gasteiger partial charge in [0.05, 0.1) is 5.01 Å². The van der Waals surface area contributed by atoms with Gasteiger partial charge in [-0.25, -0.2) is 4.98 Å². The zero-order chi connectivity index (χ0) is 11.7. The topological polar surface area (TPSA) is 45.2 Å². The molecule has 2 rings (SSSR count). The quantitative estimate of drug-likeness (QED) is 0.803. The SMILES string of the molecule is Cc1nc(C(=O)N2CC(C)NCC2C)cs1. The van der Waals surface area contributed by atoms with Gasteiger partial charge in [0.25, 0.3) is 5.91 Å². The number of hydrogen-bond acceptors (Lipinski definition) is 4. The second-order valence-corrected chi connectivity index (χ2v) is 5.43. The van der Waals surface area contributed by atoms with Crippen molar-refractivity contribution in [3.63, 3.8) is 0 Å². The van der Waals surface area contributed by atoms with Crippen LogP contribution in [0.15, 0.2) is 5.38 Å². The van der Waals surface area contributed by atoms with Crippen LogP contribution >= 0.6 is 11.3 Å². The Morgan fingerprint density at radius 3 is 3.00 bits per heavy atom. The maximum atomic E-state index is 12.2. The fraction of sp³-hybridized carbons (Fsp3) is 0.636. The molecule has 0 aliphatic carbocycles. The fourth-order valence-corrected chi connectivity index (χ4v) is 2.50. The normalized spacial score (nSPS) is 25.8. The molecule has 2 heterocycles. The number of rotatable bonds is 1. The van der Waals surface area contributed by atoms with Crippen LogP contribution in [0.2, 0.25) is 0 Å². The third-order valence-corrected chi connectivity index (χ3v) is 3.64. The van der Waals surface area contributed by atoms with Crippen molar-refractivity contribution in [1.82, 2.24) is 15.2 Å². The van der Waals surface area contributed by atoms with E-state index >= 15 is 0 Å². The molecule has 88 valence electrons. The highest BCUT2D eigenvalue weighted by molar-refractivity contribution is 7.09. The first kappa shape index (κ1) is 11.5. The standard InChI is InChI=1S/C11H17N3OS/c1-7-5-14(8(2)4-12-7)11(15)10-6-16-9(3)13-10/h6-8,12H,4-5H2,1-3H3. The predicted molar refractivity (Wildman–Crippen MR) is 64.8 cm³/mol. The maximum absolute atomic E-state index is 12.2. The number of carbonyl (C=O) groups is 1. The van der Waals surface area contributed by atoms with Crippen LogP contribution in [0.4, 0.5) is 0 Å². The molecule has 4 nitrogen and oxygen atoms in total. The molecule has 2 unspecified atom stereocenters. The van der Waals surface area contributed by atoms with Gasteiger partial charge in [-0.15, -0.1) is 11.3 Å². The molecule has 0 saturated carbocycles. The van der Waals surface area contributed by atoms with E-state index in [1.807, 2.05) is 17.2 Å². The molecular weight excluding hydrogens is 222 g/mol. The summed E-state index contributed by atoms with van der Waals surface area (Å²) in [5.41, 5.74) is 0.587. The van der Waals surface area contributed by atoms with Gasteiger partial charge >= 0.3 is 0 Å². The summed E-state index contributed by atoms with van der Waals surface area (Å²) < 4.78 is 0. The molecule has 1 aliphatic heterocycles. The van der Waals surface area contributed by atoms with E-state index < -0.39 is 0 Å². The largest absolute Gasteiger partial charge is 0.332 e. The summed E-state index contributed by atoms with van der Waals surface area (Å²) in [6.07, 6.45) is 0. The highest BCUT2D eigenvalue weighted by Crippen LogP contribution is 2.14. The van der Waals surface area contributed by atoms with E-state index in [0.29, 0.717) is 11.7 Å². The molecule has 1 aromatic heterocycles. The van der Waals surface area contributed by atoms with E-state index in [-0.39, 0.29) is 11.9 Å². The lowest BCUT2D eigenvalue weighted by molar-refractivity contribution is 0.0611. The fourth-order valence-electron chi connectivity index (χ4n) is 1.91. The zero-order valence-electron chi connectivity index (χ0n) is 9.86. The Balaban J connectivity index is 2.14. The average Bonchev–Trinajstić information content (AvgIpc) is 2.67. The predicted octanol–water partition coefficient (Wildman–Crippen LogP) is 1.27. The molecule has 1 fully saturated rings. The molecule has 0 radical (unpaired) electrons. The lowest BCUT2D eigenvalue weighted by Gasteiger charge is -2.37. The number of hydrogen-bond donors (Lipinski definition) is 1. The van der Waals surface area contributed by atoms with Crippen molar-refractivity contribution in [3.8, 4) is 0 Å². The Morgan fingerprint density at radius 1 is 1.62 bits per heavy atom. The number of aryl methyl sites for hydroxylation is 1. The van der Waals surface area contributed by atoms with Crippen LogP contribution in [0.1, 0.15) is 29.3 Å². The molecule has 1 aliphatic rings. The zero-order valence-corrected chi connectivity index (χ0v) is 10.7. The summed E-state index contributed by atoms with van der Waals surface area (Å²) in [4.78, 5) is 18.4. The van der Waals surface area contributed by atoms with Crippen LogP contribution in [-0.4, -0.2) is 41.0 Å². The van der Waals surface area contributed by atoms with E-state index in [0.717, 1.165) is 18.1 Å². The monoisotopic (exact) mass is 239 g/mol.